The first kappa shape index (κ1) is 10.1. The van der Waals surface area contributed by atoms with Crippen molar-refractivity contribution < 1.29 is 9.90 Å². The third-order valence-corrected chi connectivity index (χ3v) is 1.97. The molecule has 0 atom stereocenters. The number of hydrogen-bond donors (Lipinski definition) is 1. The Morgan fingerprint density at radius 3 is 2.75 bits per heavy atom. The van der Waals surface area contributed by atoms with Crippen molar-refractivity contribution in [3.8, 4) is 5.69 Å². The summed E-state index contributed by atoms with van der Waals surface area (Å²) in [6.45, 7) is 0. The van der Waals surface area contributed by atoms with Crippen LogP contribution in [0.5, 0.6) is 0 Å². The Hall–Kier alpha value is -2.43. The number of aliphatic carboxylic acids is 1. The maximum absolute atomic E-state index is 10.4. The zero-order valence-electron chi connectivity index (χ0n) is 8.32. The van der Waals surface area contributed by atoms with Gasteiger partial charge in [-0.15, -0.1) is 5.10 Å². The van der Waals surface area contributed by atoms with E-state index < -0.39 is 5.97 Å². The van der Waals surface area contributed by atoms with Crippen molar-refractivity contribution in [2.75, 3.05) is 0 Å². The molecule has 80 valence electrons. The molecular weight excluding hydrogens is 206 g/mol. The molecule has 0 spiro atoms. The zero-order chi connectivity index (χ0) is 11.4. The van der Waals surface area contributed by atoms with Crippen LogP contribution in [0.3, 0.4) is 0 Å². The van der Waals surface area contributed by atoms with E-state index in [-0.39, 0.29) is 0 Å². The lowest BCUT2D eigenvalue weighted by molar-refractivity contribution is -0.131. The second-order valence-corrected chi connectivity index (χ2v) is 3.08. The van der Waals surface area contributed by atoms with Crippen LogP contribution in [-0.4, -0.2) is 26.1 Å². The number of para-hydroxylation sites is 1. The molecular formula is C11H9N3O2. The van der Waals surface area contributed by atoms with E-state index in [9.17, 15) is 4.79 Å². The predicted octanol–water partition coefficient (Wildman–Crippen LogP) is 1.37. The molecule has 2 aromatic rings. The van der Waals surface area contributed by atoms with Gasteiger partial charge in [0.2, 0.25) is 0 Å². The van der Waals surface area contributed by atoms with Crippen LogP contribution in [-0.2, 0) is 4.79 Å². The number of nitrogens with zero attached hydrogens (tertiary/aromatic N) is 3. The van der Waals surface area contributed by atoms with Crippen molar-refractivity contribution in [2.45, 2.75) is 0 Å². The lowest BCUT2D eigenvalue weighted by Crippen LogP contribution is -1.99. The minimum atomic E-state index is -0.999. The third kappa shape index (κ3) is 2.14. The molecule has 0 aliphatic rings. The third-order valence-electron chi connectivity index (χ3n) is 1.97. The van der Waals surface area contributed by atoms with Gasteiger partial charge in [-0.1, -0.05) is 23.4 Å². The number of rotatable bonds is 3. The van der Waals surface area contributed by atoms with Gasteiger partial charge in [0, 0.05) is 6.08 Å². The van der Waals surface area contributed by atoms with Crippen molar-refractivity contribution in [2.24, 2.45) is 0 Å². The van der Waals surface area contributed by atoms with Crippen LogP contribution in [0.4, 0.5) is 0 Å². The standard InChI is InChI=1S/C11H9N3O2/c15-11(16)7-6-10-8-12-13-14(10)9-4-2-1-3-5-9/h1-8H,(H,15,16)/b7-6+. The lowest BCUT2D eigenvalue weighted by Gasteiger charge is -2.01. The number of benzene rings is 1. The fraction of sp³-hybridized carbons (Fsp3) is 0. The summed E-state index contributed by atoms with van der Waals surface area (Å²) in [5, 5.41) is 16.2. The summed E-state index contributed by atoms with van der Waals surface area (Å²) in [6, 6.07) is 9.39. The Kier molecular flexibility index (Phi) is 2.77. The van der Waals surface area contributed by atoms with Crippen molar-refractivity contribution in [3.05, 3.63) is 48.3 Å². The van der Waals surface area contributed by atoms with E-state index in [4.69, 9.17) is 5.11 Å². The summed E-state index contributed by atoms with van der Waals surface area (Å²) in [6.07, 6.45) is 4.01. The lowest BCUT2D eigenvalue weighted by atomic mass is 10.3. The topological polar surface area (TPSA) is 68.0 Å². The minimum Gasteiger partial charge on any atom is -0.478 e. The maximum Gasteiger partial charge on any atom is 0.328 e. The highest BCUT2D eigenvalue weighted by molar-refractivity contribution is 5.84. The molecule has 5 heteroatoms. The number of carboxylic acids is 1. The van der Waals surface area contributed by atoms with Crippen molar-refractivity contribution in [1.82, 2.24) is 15.0 Å². The molecule has 2 rings (SSSR count). The molecule has 0 amide bonds. The highest BCUT2D eigenvalue weighted by atomic mass is 16.4. The van der Waals surface area contributed by atoms with Gasteiger partial charge in [0.05, 0.1) is 17.6 Å². The van der Waals surface area contributed by atoms with E-state index in [0.29, 0.717) is 5.69 Å². The summed E-state index contributed by atoms with van der Waals surface area (Å²) in [4.78, 5) is 10.4. The average Bonchev–Trinajstić information content (AvgIpc) is 2.75. The Morgan fingerprint density at radius 1 is 1.31 bits per heavy atom. The van der Waals surface area contributed by atoms with Crippen LogP contribution in [0.2, 0.25) is 0 Å². The number of hydrogen-bond acceptors (Lipinski definition) is 3. The summed E-state index contributed by atoms with van der Waals surface area (Å²) >= 11 is 0. The first-order valence-electron chi connectivity index (χ1n) is 4.64. The monoisotopic (exact) mass is 215 g/mol. The van der Waals surface area contributed by atoms with E-state index in [1.165, 1.54) is 12.3 Å². The van der Waals surface area contributed by atoms with Gasteiger partial charge in [0.15, 0.2) is 0 Å². The summed E-state index contributed by atoms with van der Waals surface area (Å²) in [5.41, 5.74) is 1.46. The average molecular weight is 215 g/mol. The van der Waals surface area contributed by atoms with Gasteiger partial charge >= 0.3 is 5.97 Å². The molecule has 0 saturated carbocycles. The van der Waals surface area contributed by atoms with E-state index in [2.05, 4.69) is 10.3 Å². The van der Waals surface area contributed by atoms with E-state index in [1.807, 2.05) is 30.3 Å². The molecule has 5 nitrogen and oxygen atoms in total. The fourth-order valence-corrected chi connectivity index (χ4v) is 1.28. The molecule has 16 heavy (non-hydrogen) atoms. The molecule has 0 saturated heterocycles. The molecule has 0 aliphatic carbocycles. The Morgan fingerprint density at radius 2 is 2.06 bits per heavy atom. The van der Waals surface area contributed by atoms with Gasteiger partial charge in [0.1, 0.15) is 0 Å². The molecule has 0 radical (unpaired) electrons. The maximum atomic E-state index is 10.4. The van der Waals surface area contributed by atoms with Crippen LogP contribution in [0, 0.1) is 0 Å². The second-order valence-electron chi connectivity index (χ2n) is 3.08. The zero-order valence-corrected chi connectivity index (χ0v) is 8.32. The highest BCUT2D eigenvalue weighted by Crippen LogP contribution is 2.09. The largest absolute Gasteiger partial charge is 0.478 e. The molecule has 1 N–H and O–H groups in total. The van der Waals surface area contributed by atoms with E-state index >= 15 is 0 Å². The minimum absolute atomic E-state index is 0.619. The summed E-state index contributed by atoms with van der Waals surface area (Å²) in [7, 11) is 0. The van der Waals surface area contributed by atoms with Crippen molar-refractivity contribution in [3.63, 3.8) is 0 Å². The quantitative estimate of drug-likeness (QED) is 0.785. The molecule has 1 aromatic heterocycles. The second kappa shape index (κ2) is 4.39. The van der Waals surface area contributed by atoms with Crippen LogP contribution in [0.1, 0.15) is 5.69 Å². The number of aromatic nitrogens is 3. The molecule has 1 heterocycles. The Bertz CT molecular complexity index is 517. The number of carboxylic acid groups (broad SMARTS) is 1. The van der Waals surface area contributed by atoms with Crippen molar-refractivity contribution in [1.29, 1.82) is 0 Å². The van der Waals surface area contributed by atoms with E-state index in [1.54, 1.807) is 4.68 Å². The van der Waals surface area contributed by atoms with Crippen LogP contribution >= 0.6 is 0 Å². The Labute approximate surface area is 91.6 Å². The molecule has 0 fully saturated rings. The smallest absolute Gasteiger partial charge is 0.328 e. The summed E-state index contributed by atoms with van der Waals surface area (Å²) in [5.74, 6) is -0.999. The van der Waals surface area contributed by atoms with Gasteiger partial charge < -0.3 is 5.11 Å². The summed E-state index contributed by atoms with van der Waals surface area (Å²) < 4.78 is 1.57. The van der Waals surface area contributed by atoms with E-state index in [0.717, 1.165) is 11.8 Å². The predicted molar refractivity (Wildman–Crippen MR) is 58.0 cm³/mol. The van der Waals surface area contributed by atoms with Gasteiger partial charge in [0.25, 0.3) is 0 Å². The molecule has 0 unspecified atom stereocenters. The normalized spacial score (nSPS) is 10.8. The molecule has 1 aromatic carbocycles. The fourth-order valence-electron chi connectivity index (χ4n) is 1.28. The SMILES string of the molecule is O=C(O)/C=C/c1cnnn1-c1ccccc1. The van der Waals surface area contributed by atoms with Gasteiger partial charge in [-0.3, -0.25) is 0 Å². The van der Waals surface area contributed by atoms with Gasteiger partial charge in [-0.05, 0) is 18.2 Å². The molecule has 0 aliphatic heterocycles. The highest BCUT2D eigenvalue weighted by Gasteiger charge is 2.02. The van der Waals surface area contributed by atoms with Gasteiger partial charge in [-0.2, -0.15) is 0 Å². The van der Waals surface area contributed by atoms with Crippen LogP contribution < -0.4 is 0 Å². The Balaban J connectivity index is 2.37. The van der Waals surface area contributed by atoms with Crippen LogP contribution in [0.15, 0.2) is 42.6 Å². The first-order chi connectivity index (χ1) is 7.77. The van der Waals surface area contributed by atoms with Gasteiger partial charge in [-0.25, -0.2) is 9.48 Å². The van der Waals surface area contributed by atoms with Crippen LogP contribution in [0.25, 0.3) is 11.8 Å². The molecule has 0 bridgehead atoms. The first-order valence-corrected chi connectivity index (χ1v) is 4.64. The number of carbonyl (C=O) groups is 1. The van der Waals surface area contributed by atoms with Crippen molar-refractivity contribution >= 4 is 12.0 Å².